The lowest BCUT2D eigenvalue weighted by Gasteiger charge is -2.19. The maximum absolute atomic E-state index is 13.3. The number of aromatic nitrogens is 1. The summed E-state index contributed by atoms with van der Waals surface area (Å²) in [6, 6.07) is 41.6. The minimum atomic E-state index is -4.17. The number of carbonyl (C=O) groups excluding carboxylic acids is 2. The fourth-order valence-corrected chi connectivity index (χ4v) is 8.10. The van der Waals surface area contributed by atoms with Gasteiger partial charge >= 0.3 is 5.97 Å². The third-order valence-corrected chi connectivity index (χ3v) is 11.0. The molecular formula is C49H43NO8S. The average Bonchev–Trinajstić information content (AvgIpc) is 3.22. The van der Waals surface area contributed by atoms with Gasteiger partial charge in [-0.3, -0.25) is 4.55 Å². The van der Waals surface area contributed by atoms with Crippen molar-refractivity contribution in [3.63, 3.8) is 0 Å². The molecule has 0 spiro atoms. The highest BCUT2D eigenvalue weighted by Gasteiger charge is 2.26. The lowest BCUT2D eigenvalue weighted by molar-refractivity contribution is -0.645. The number of para-hydroxylation sites is 1. The van der Waals surface area contributed by atoms with Crippen LogP contribution in [-0.2, 0) is 34.6 Å². The molecule has 9 nitrogen and oxygen atoms in total. The highest BCUT2D eigenvalue weighted by atomic mass is 32.2. The summed E-state index contributed by atoms with van der Waals surface area (Å²) in [5.41, 5.74) is 8.09. The van der Waals surface area contributed by atoms with Gasteiger partial charge in [-0.2, -0.15) is 13.0 Å². The van der Waals surface area contributed by atoms with Crippen molar-refractivity contribution in [3.8, 4) is 16.9 Å². The Bertz CT molecular complexity index is 2780. The van der Waals surface area contributed by atoms with Crippen LogP contribution in [0.25, 0.3) is 45.1 Å². The first-order chi connectivity index (χ1) is 28.4. The second-order valence-electron chi connectivity index (χ2n) is 14.5. The Labute approximate surface area is 343 Å². The van der Waals surface area contributed by atoms with Crippen molar-refractivity contribution in [2.75, 3.05) is 5.75 Å². The molecule has 7 aromatic rings. The highest BCUT2D eigenvalue weighted by Crippen LogP contribution is 2.39. The molecule has 0 aliphatic carbocycles. The molecule has 0 saturated heterocycles. The Morgan fingerprint density at radius 1 is 0.712 bits per heavy atom. The molecule has 59 heavy (non-hydrogen) atoms. The van der Waals surface area contributed by atoms with E-state index in [1.54, 1.807) is 24.3 Å². The summed E-state index contributed by atoms with van der Waals surface area (Å²) in [6.07, 6.45) is 4.51. The first-order valence-electron chi connectivity index (χ1n) is 19.3. The molecule has 0 saturated carbocycles. The minimum absolute atomic E-state index is 0.0200. The van der Waals surface area contributed by atoms with Gasteiger partial charge < -0.3 is 19.4 Å². The molecule has 7 rings (SSSR count). The molecule has 0 aliphatic heterocycles. The van der Waals surface area contributed by atoms with E-state index in [0.717, 1.165) is 44.7 Å². The van der Waals surface area contributed by atoms with Gasteiger partial charge in [0.1, 0.15) is 25.5 Å². The first kappa shape index (κ1) is 40.6. The molecule has 0 radical (unpaired) electrons. The Hall–Kier alpha value is -6.62. The van der Waals surface area contributed by atoms with Crippen molar-refractivity contribution >= 4 is 56.0 Å². The minimum Gasteiger partial charge on any atom is -0.545 e. The topological polar surface area (TPSA) is 134 Å². The Morgan fingerprint density at radius 2 is 1.32 bits per heavy atom. The van der Waals surface area contributed by atoms with Crippen LogP contribution in [0.5, 0.6) is 5.75 Å². The van der Waals surface area contributed by atoms with E-state index in [9.17, 15) is 27.7 Å². The SMILES string of the molecule is Cc1cc(C(=O)OCc2ccccc2)cc(C)c1-c1cc(C=Cc2ccc(OCc3ccccc3)cc2)cc2c1c(C(=O)[O-])c1ccccc1[n+]2CCCCS(=O)(=O)O. The summed E-state index contributed by atoms with van der Waals surface area (Å²) in [5, 5.41) is 14.2. The molecule has 0 fully saturated rings. The molecule has 1 aromatic heterocycles. The van der Waals surface area contributed by atoms with Crippen LogP contribution in [0.3, 0.4) is 0 Å². The largest absolute Gasteiger partial charge is 0.545 e. The van der Waals surface area contributed by atoms with Crippen LogP contribution in [0, 0.1) is 13.8 Å². The molecule has 0 atom stereocenters. The van der Waals surface area contributed by atoms with Gasteiger partial charge in [0.25, 0.3) is 10.1 Å². The van der Waals surface area contributed by atoms with E-state index < -0.39 is 27.8 Å². The van der Waals surface area contributed by atoms with Crippen LogP contribution in [-0.4, -0.2) is 30.7 Å². The molecule has 1 N–H and O–H groups in total. The molecule has 298 valence electrons. The van der Waals surface area contributed by atoms with Crippen molar-refractivity contribution in [2.45, 2.75) is 46.4 Å². The highest BCUT2D eigenvalue weighted by molar-refractivity contribution is 7.85. The summed E-state index contributed by atoms with van der Waals surface area (Å²) in [6.45, 7) is 4.67. The third-order valence-electron chi connectivity index (χ3n) is 10.2. The van der Waals surface area contributed by atoms with Crippen molar-refractivity contribution < 1.29 is 41.7 Å². The number of ether oxygens (including phenoxy) is 2. The normalized spacial score (nSPS) is 11.6. The number of unbranched alkanes of at least 4 members (excludes halogenated alkanes) is 1. The Balaban J connectivity index is 1.34. The number of fused-ring (bicyclic) bond motifs is 2. The number of carboxylic acids is 1. The number of benzene rings is 6. The summed E-state index contributed by atoms with van der Waals surface area (Å²) in [7, 11) is -4.17. The summed E-state index contributed by atoms with van der Waals surface area (Å²) >= 11 is 0. The maximum atomic E-state index is 13.3. The van der Waals surface area contributed by atoms with E-state index in [1.807, 2.05) is 140 Å². The lowest BCUT2D eigenvalue weighted by atomic mass is 9.87. The number of rotatable bonds is 15. The van der Waals surface area contributed by atoms with Crippen LogP contribution >= 0.6 is 0 Å². The van der Waals surface area contributed by atoms with Gasteiger partial charge in [-0.25, -0.2) is 4.79 Å². The molecule has 0 amide bonds. The van der Waals surface area contributed by atoms with Crippen molar-refractivity contribution in [1.82, 2.24) is 0 Å². The van der Waals surface area contributed by atoms with Gasteiger partial charge in [-0.15, -0.1) is 0 Å². The number of nitrogens with zero attached hydrogens (tertiary/aromatic N) is 1. The monoisotopic (exact) mass is 805 g/mol. The second-order valence-corrected chi connectivity index (χ2v) is 16.1. The van der Waals surface area contributed by atoms with E-state index in [1.165, 1.54) is 0 Å². The first-order valence-corrected chi connectivity index (χ1v) is 20.9. The molecule has 0 aliphatic rings. The fourth-order valence-electron chi connectivity index (χ4n) is 7.53. The van der Waals surface area contributed by atoms with Crippen LogP contribution < -0.4 is 14.4 Å². The number of pyridine rings is 1. The van der Waals surface area contributed by atoms with E-state index in [2.05, 4.69) is 0 Å². The zero-order valence-corrected chi connectivity index (χ0v) is 33.6. The third kappa shape index (κ3) is 9.75. The summed E-state index contributed by atoms with van der Waals surface area (Å²) < 4.78 is 46.3. The number of aryl methyl sites for hydroxylation is 3. The van der Waals surface area contributed by atoms with Crippen LogP contribution in [0.1, 0.15) is 66.9 Å². The van der Waals surface area contributed by atoms with Gasteiger partial charge in [0.05, 0.1) is 28.1 Å². The molecule has 1 heterocycles. The number of hydrogen-bond donors (Lipinski definition) is 1. The van der Waals surface area contributed by atoms with Crippen molar-refractivity contribution in [2.24, 2.45) is 0 Å². The number of carbonyl (C=O) groups is 2. The second kappa shape index (κ2) is 17.9. The van der Waals surface area contributed by atoms with Crippen LogP contribution in [0.4, 0.5) is 0 Å². The van der Waals surface area contributed by atoms with Gasteiger partial charge in [0, 0.05) is 24.1 Å². The number of esters is 1. The Morgan fingerprint density at radius 3 is 1.97 bits per heavy atom. The van der Waals surface area contributed by atoms with Gasteiger partial charge in [-0.05, 0) is 101 Å². The van der Waals surface area contributed by atoms with Gasteiger partial charge in [0.15, 0.2) is 0 Å². The zero-order chi connectivity index (χ0) is 41.5. The molecule has 10 heteroatoms. The van der Waals surface area contributed by atoms with Crippen LogP contribution in [0.2, 0.25) is 0 Å². The smallest absolute Gasteiger partial charge is 0.338 e. The van der Waals surface area contributed by atoms with E-state index in [4.69, 9.17) is 9.47 Å². The van der Waals surface area contributed by atoms with E-state index >= 15 is 0 Å². The average molecular weight is 806 g/mol. The molecule has 0 bridgehead atoms. The van der Waals surface area contributed by atoms with Gasteiger partial charge in [-0.1, -0.05) is 97.1 Å². The standard InChI is InChI=1S/C49H43NO8S/c1-33-27-39(49(53)58-32-37-15-7-4-8-16-37)28-34(2)45(33)42-29-38(20-19-35-21-23-40(24-22-35)57-31-36-13-5-3-6-14-36)30-44-46(42)47(48(51)52)41-17-9-10-18-43(41)50(44)25-11-12-26-59(54,55)56/h3-10,13-24,27-30H,11-12,25-26,31-32H2,1-2H3,(H-,51,52,54,55,56). The van der Waals surface area contributed by atoms with Crippen molar-refractivity contribution in [1.29, 1.82) is 0 Å². The van der Waals surface area contributed by atoms with E-state index in [0.29, 0.717) is 52.5 Å². The number of hydrogen-bond acceptors (Lipinski definition) is 7. The summed E-state index contributed by atoms with van der Waals surface area (Å²) in [5.74, 6) is -1.49. The maximum Gasteiger partial charge on any atom is 0.338 e. The molecule has 6 aromatic carbocycles. The van der Waals surface area contributed by atoms with Crippen LogP contribution in [0.15, 0.2) is 133 Å². The Kier molecular flexibility index (Phi) is 12.3. The lowest BCUT2D eigenvalue weighted by Crippen LogP contribution is -2.38. The number of aromatic carboxylic acids is 1. The molecular weight excluding hydrogens is 763 g/mol. The zero-order valence-electron chi connectivity index (χ0n) is 32.8. The predicted molar refractivity (Wildman–Crippen MR) is 228 cm³/mol. The van der Waals surface area contributed by atoms with Gasteiger partial charge in [0.2, 0.25) is 11.0 Å². The predicted octanol–water partition coefficient (Wildman–Crippen LogP) is 8.70. The number of carboxylic acid groups (broad SMARTS) is 1. The van der Waals surface area contributed by atoms with Crippen molar-refractivity contribution in [3.05, 3.63) is 178 Å². The van der Waals surface area contributed by atoms with E-state index in [-0.39, 0.29) is 18.6 Å². The molecule has 0 unspecified atom stereocenters. The summed E-state index contributed by atoms with van der Waals surface area (Å²) in [4.78, 5) is 26.6. The fraction of sp³-hybridized carbons (Fsp3) is 0.163. The quantitative estimate of drug-likeness (QED) is 0.0272.